The van der Waals surface area contributed by atoms with Crippen molar-refractivity contribution in [1.82, 2.24) is 14.7 Å². The minimum atomic E-state index is -0.0198. The van der Waals surface area contributed by atoms with Crippen LogP contribution in [0.3, 0.4) is 0 Å². The molecular weight excluding hydrogens is 346 g/mol. The maximum atomic E-state index is 12.7. The van der Waals surface area contributed by atoms with Gasteiger partial charge in [0.25, 0.3) is 0 Å². The Kier molecular flexibility index (Phi) is 6.85. The van der Waals surface area contributed by atoms with E-state index in [1.807, 2.05) is 30.6 Å². The van der Waals surface area contributed by atoms with Crippen LogP contribution in [0.25, 0.3) is 5.65 Å². The number of unbranched alkanes of at least 4 members (excludes halogenated alkanes) is 3. The standard InChI is InChI=1S/C24H31N3O/c1-4-5-6-9-14-25-23(28)16-21(20-13-8-7-11-18(20)2)22-17-26-24-19(3)12-10-15-27(22)24/h7-8,10-13,15,17,21H,4-6,9,14,16H2,1-3H3,(H,25,28). The predicted octanol–water partition coefficient (Wildman–Crippen LogP) is 5.17. The van der Waals surface area contributed by atoms with Crippen LogP contribution in [0.1, 0.15) is 67.3 Å². The van der Waals surface area contributed by atoms with Crippen LogP contribution in [0.5, 0.6) is 0 Å². The zero-order chi connectivity index (χ0) is 19.9. The maximum absolute atomic E-state index is 12.7. The third-order valence-corrected chi connectivity index (χ3v) is 5.42. The summed E-state index contributed by atoms with van der Waals surface area (Å²) >= 11 is 0. The van der Waals surface area contributed by atoms with Crippen LogP contribution in [0, 0.1) is 13.8 Å². The van der Waals surface area contributed by atoms with Crippen molar-refractivity contribution in [3.63, 3.8) is 0 Å². The van der Waals surface area contributed by atoms with E-state index in [0.29, 0.717) is 6.42 Å². The molecule has 0 aliphatic rings. The van der Waals surface area contributed by atoms with Crippen LogP contribution in [0.15, 0.2) is 48.8 Å². The zero-order valence-electron chi connectivity index (χ0n) is 17.2. The number of hydrogen-bond acceptors (Lipinski definition) is 2. The molecule has 1 unspecified atom stereocenters. The minimum absolute atomic E-state index is 0.0198. The number of nitrogens with one attached hydrogen (secondary N) is 1. The average molecular weight is 378 g/mol. The summed E-state index contributed by atoms with van der Waals surface area (Å²) in [6, 6.07) is 12.4. The Balaban J connectivity index is 1.85. The van der Waals surface area contributed by atoms with Gasteiger partial charge in [0.1, 0.15) is 5.65 Å². The number of carbonyl (C=O) groups excluding carboxylic acids is 1. The largest absolute Gasteiger partial charge is 0.356 e. The van der Waals surface area contributed by atoms with E-state index in [2.05, 4.69) is 53.7 Å². The van der Waals surface area contributed by atoms with Gasteiger partial charge in [-0.05, 0) is 43.0 Å². The van der Waals surface area contributed by atoms with Crippen molar-refractivity contribution in [3.8, 4) is 0 Å². The van der Waals surface area contributed by atoms with Crippen molar-refractivity contribution < 1.29 is 4.79 Å². The Morgan fingerprint density at radius 1 is 1.07 bits per heavy atom. The number of carbonyl (C=O) groups is 1. The molecule has 4 nitrogen and oxygen atoms in total. The maximum Gasteiger partial charge on any atom is 0.221 e. The quantitative estimate of drug-likeness (QED) is 0.523. The fourth-order valence-corrected chi connectivity index (χ4v) is 3.82. The van der Waals surface area contributed by atoms with Gasteiger partial charge in [-0.1, -0.05) is 56.5 Å². The first-order valence-electron chi connectivity index (χ1n) is 10.4. The van der Waals surface area contributed by atoms with Crippen LogP contribution in [-0.4, -0.2) is 21.8 Å². The SMILES string of the molecule is CCCCCCNC(=O)CC(c1ccccc1C)c1cnc2c(C)cccn12. The second kappa shape index (κ2) is 9.54. The van der Waals surface area contributed by atoms with Crippen molar-refractivity contribution >= 4 is 11.6 Å². The molecule has 148 valence electrons. The lowest BCUT2D eigenvalue weighted by atomic mass is 9.89. The van der Waals surface area contributed by atoms with Crippen molar-refractivity contribution in [2.75, 3.05) is 6.54 Å². The summed E-state index contributed by atoms with van der Waals surface area (Å²) in [6.45, 7) is 7.13. The lowest BCUT2D eigenvalue weighted by Crippen LogP contribution is -2.27. The van der Waals surface area contributed by atoms with Crippen LogP contribution in [-0.2, 0) is 4.79 Å². The third kappa shape index (κ3) is 4.61. The van der Waals surface area contributed by atoms with E-state index in [0.717, 1.165) is 29.9 Å². The molecule has 0 fully saturated rings. The number of aromatic nitrogens is 2. The van der Waals surface area contributed by atoms with Gasteiger partial charge in [-0.25, -0.2) is 4.98 Å². The molecule has 1 amide bonds. The van der Waals surface area contributed by atoms with E-state index in [1.165, 1.54) is 30.4 Å². The number of fused-ring (bicyclic) bond motifs is 1. The fourth-order valence-electron chi connectivity index (χ4n) is 3.82. The van der Waals surface area contributed by atoms with Crippen LogP contribution in [0.4, 0.5) is 0 Å². The first-order chi connectivity index (χ1) is 13.6. The molecule has 1 atom stereocenters. The molecule has 0 saturated carbocycles. The molecule has 2 heterocycles. The Hall–Kier alpha value is -2.62. The summed E-state index contributed by atoms with van der Waals surface area (Å²) in [6.07, 6.45) is 9.04. The van der Waals surface area contributed by atoms with Crippen molar-refractivity contribution in [2.45, 2.75) is 58.8 Å². The summed E-state index contributed by atoms with van der Waals surface area (Å²) in [5, 5.41) is 3.11. The molecule has 0 radical (unpaired) electrons. The average Bonchev–Trinajstić information content (AvgIpc) is 3.12. The number of nitrogens with zero attached hydrogens (tertiary/aromatic N) is 2. The molecule has 3 aromatic rings. The molecule has 4 heteroatoms. The number of rotatable bonds is 9. The molecule has 0 spiro atoms. The van der Waals surface area contributed by atoms with Gasteiger partial charge in [0.05, 0.1) is 5.69 Å². The summed E-state index contributed by atoms with van der Waals surface area (Å²) in [7, 11) is 0. The Bertz CT molecular complexity index is 928. The number of amides is 1. The van der Waals surface area contributed by atoms with Gasteiger partial charge >= 0.3 is 0 Å². The number of aryl methyl sites for hydroxylation is 2. The number of imidazole rings is 1. The van der Waals surface area contributed by atoms with Crippen molar-refractivity contribution in [3.05, 3.63) is 71.2 Å². The summed E-state index contributed by atoms with van der Waals surface area (Å²) in [5.41, 5.74) is 5.54. The predicted molar refractivity (Wildman–Crippen MR) is 115 cm³/mol. The van der Waals surface area contributed by atoms with E-state index in [-0.39, 0.29) is 11.8 Å². The van der Waals surface area contributed by atoms with Gasteiger partial charge in [0.15, 0.2) is 0 Å². The first-order valence-corrected chi connectivity index (χ1v) is 10.4. The topological polar surface area (TPSA) is 46.4 Å². The summed E-state index contributed by atoms with van der Waals surface area (Å²) in [5.74, 6) is 0.0843. The fraction of sp³-hybridized carbons (Fsp3) is 0.417. The summed E-state index contributed by atoms with van der Waals surface area (Å²) < 4.78 is 2.13. The van der Waals surface area contributed by atoms with Crippen molar-refractivity contribution in [2.24, 2.45) is 0 Å². The Labute approximate surface area is 168 Å². The van der Waals surface area contributed by atoms with Gasteiger partial charge in [0.2, 0.25) is 5.91 Å². The lowest BCUT2D eigenvalue weighted by Gasteiger charge is -2.19. The Morgan fingerprint density at radius 2 is 1.86 bits per heavy atom. The van der Waals surface area contributed by atoms with E-state index in [9.17, 15) is 4.79 Å². The summed E-state index contributed by atoms with van der Waals surface area (Å²) in [4.78, 5) is 17.4. The van der Waals surface area contributed by atoms with E-state index in [4.69, 9.17) is 0 Å². The lowest BCUT2D eigenvalue weighted by molar-refractivity contribution is -0.121. The molecule has 0 saturated heterocycles. The highest BCUT2D eigenvalue weighted by atomic mass is 16.1. The zero-order valence-corrected chi connectivity index (χ0v) is 17.2. The highest BCUT2D eigenvalue weighted by Gasteiger charge is 2.23. The molecule has 0 aliphatic heterocycles. The van der Waals surface area contributed by atoms with E-state index < -0.39 is 0 Å². The minimum Gasteiger partial charge on any atom is -0.356 e. The first kappa shape index (κ1) is 20.1. The molecular formula is C24H31N3O. The molecule has 0 bridgehead atoms. The van der Waals surface area contributed by atoms with Crippen LogP contribution in [0.2, 0.25) is 0 Å². The second-order valence-electron chi connectivity index (χ2n) is 7.59. The molecule has 0 aliphatic carbocycles. The number of pyridine rings is 1. The number of hydrogen-bond donors (Lipinski definition) is 1. The molecule has 2 aromatic heterocycles. The normalized spacial score (nSPS) is 12.2. The highest BCUT2D eigenvalue weighted by Crippen LogP contribution is 2.31. The van der Waals surface area contributed by atoms with Gasteiger partial charge in [-0.15, -0.1) is 0 Å². The Morgan fingerprint density at radius 3 is 2.64 bits per heavy atom. The van der Waals surface area contributed by atoms with Gasteiger partial charge in [-0.3, -0.25) is 4.79 Å². The van der Waals surface area contributed by atoms with Gasteiger partial charge in [0, 0.05) is 31.3 Å². The van der Waals surface area contributed by atoms with E-state index in [1.54, 1.807) is 0 Å². The molecule has 1 N–H and O–H groups in total. The monoisotopic (exact) mass is 377 g/mol. The molecule has 1 aromatic carbocycles. The highest BCUT2D eigenvalue weighted by molar-refractivity contribution is 5.77. The molecule has 28 heavy (non-hydrogen) atoms. The molecule has 3 rings (SSSR count). The number of benzene rings is 1. The third-order valence-electron chi connectivity index (χ3n) is 5.42. The van der Waals surface area contributed by atoms with E-state index >= 15 is 0 Å². The van der Waals surface area contributed by atoms with Gasteiger partial charge in [-0.2, -0.15) is 0 Å². The second-order valence-corrected chi connectivity index (χ2v) is 7.59. The smallest absolute Gasteiger partial charge is 0.221 e. The van der Waals surface area contributed by atoms with Crippen molar-refractivity contribution in [1.29, 1.82) is 0 Å². The van der Waals surface area contributed by atoms with Crippen LogP contribution >= 0.6 is 0 Å². The van der Waals surface area contributed by atoms with Crippen LogP contribution < -0.4 is 5.32 Å². The van der Waals surface area contributed by atoms with Gasteiger partial charge < -0.3 is 9.72 Å².